The molecule has 0 radical (unpaired) electrons. The number of primary sulfonamides is 1. The molecule has 2 aromatic carbocycles. The molecule has 2 aromatic rings. The van der Waals surface area contributed by atoms with Crippen LogP contribution < -0.4 is 16.2 Å². The van der Waals surface area contributed by atoms with Gasteiger partial charge in [-0.25, -0.2) is 13.6 Å². The molecule has 0 amide bonds. The van der Waals surface area contributed by atoms with Gasteiger partial charge < -0.3 is 11.1 Å². The summed E-state index contributed by atoms with van der Waals surface area (Å²) in [7, 11) is -3.65. The molecule has 6 nitrogen and oxygen atoms in total. The van der Waals surface area contributed by atoms with Crippen LogP contribution >= 0.6 is 24.0 Å². The lowest BCUT2D eigenvalue weighted by Crippen LogP contribution is -2.23. The number of nitrogens with zero attached hydrogens (tertiary/aromatic N) is 1. The van der Waals surface area contributed by atoms with Crippen LogP contribution in [0.4, 0.5) is 5.69 Å². The largest absolute Gasteiger partial charge is 0.370 e. The monoisotopic (exact) mass is 486 g/mol. The maximum atomic E-state index is 11.2. The summed E-state index contributed by atoms with van der Waals surface area (Å²) in [5.41, 5.74) is 10.7. The minimum absolute atomic E-state index is 0. The summed E-state index contributed by atoms with van der Waals surface area (Å²) >= 11 is 0. The molecule has 5 N–H and O–H groups in total. The molecule has 0 saturated carbocycles. The van der Waals surface area contributed by atoms with E-state index in [1.54, 1.807) is 12.1 Å². The number of aliphatic imine (C=N–C) groups is 1. The minimum atomic E-state index is -3.65. The first-order valence-corrected chi connectivity index (χ1v) is 9.77. The van der Waals surface area contributed by atoms with Crippen molar-refractivity contribution in [3.05, 3.63) is 59.2 Å². The molecule has 0 heterocycles. The lowest BCUT2D eigenvalue weighted by Gasteiger charge is -2.08. The van der Waals surface area contributed by atoms with Crippen molar-refractivity contribution in [3.8, 4) is 0 Å². The van der Waals surface area contributed by atoms with Crippen LogP contribution in [-0.4, -0.2) is 20.9 Å². The molecule has 0 aliphatic heterocycles. The maximum Gasteiger partial charge on any atom is 0.238 e. The zero-order valence-corrected chi connectivity index (χ0v) is 17.5. The zero-order chi connectivity index (χ0) is 17.9. The predicted octanol–water partition coefficient (Wildman–Crippen LogP) is 2.41. The fraction of sp³-hybridized carbons (Fsp3) is 0.278. The SMILES string of the molecule is I.NC(=NCCc1ccc(S(N)(=O)=O)cc1)Nc1ccc2c(c1)CCC2. The second kappa shape index (κ2) is 8.83. The van der Waals surface area contributed by atoms with Gasteiger partial charge in [-0.3, -0.25) is 4.99 Å². The molecule has 0 saturated heterocycles. The third-order valence-electron chi connectivity index (χ3n) is 4.31. The van der Waals surface area contributed by atoms with Crippen molar-refractivity contribution in [1.82, 2.24) is 0 Å². The van der Waals surface area contributed by atoms with Gasteiger partial charge in [0.1, 0.15) is 0 Å². The number of nitrogens with one attached hydrogen (secondary N) is 1. The second-order valence-corrected chi connectivity index (χ2v) is 7.73. The lowest BCUT2D eigenvalue weighted by atomic mass is 10.1. The number of guanidine groups is 1. The van der Waals surface area contributed by atoms with Gasteiger partial charge in [0.05, 0.1) is 4.90 Å². The average Bonchev–Trinajstić information content (AvgIpc) is 3.02. The summed E-state index contributed by atoms with van der Waals surface area (Å²) in [4.78, 5) is 4.43. The molecule has 3 rings (SSSR count). The number of nitrogens with two attached hydrogens (primary N) is 2. The Balaban J connectivity index is 0.00000243. The fourth-order valence-electron chi connectivity index (χ4n) is 2.99. The summed E-state index contributed by atoms with van der Waals surface area (Å²) in [6.07, 6.45) is 4.16. The van der Waals surface area contributed by atoms with Crippen molar-refractivity contribution in [1.29, 1.82) is 0 Å². The van der Waals surface area contributed by atoms with E-state index in [0.717, 1.165) is 24.1 Å². The van der Waals surface area contributed by atoms with Gasteiger partial charge in [-0.1, -0.05) is 18.2 Å². The van der Waals surface area contributed by atoms with Crippen molar-refractivity contribution in [2.45, 2.75) is 30.6 Å². The number of sulfonamides is 1. The van der Waals surface area contributed by atoms with Crippen molar-refractivity contribution in [2.75, 3.05) is 11.9 Å². The van der Waals surface area contributed by atoms with Gasteiger partial charge >= 0.3 is 0 Å². The Morgan fingerprint density at radius 3 is 2.46 bits per heavy atom. The van der Waals surface area contributed by atoms with E-state index in [1.807, 2.05) is 6.07 Å². The van der Waals surface area contributed by atoms with Gasteiger partial charge in [-0.05, 0) is 66.6 Å². The molecule has 0 atom stereocenters. The van der Waals surface area contributed by atoms with Crippen molar-refractivity contribution >= 4 is 45.6 Å². The molecular formula is C18H23IN4O2S. The smallest absolute Gasteiger partial charge is 0.238 e. The number of halogens is 1. The minimum Gasteiger partial charge on any atom is -0.370 e. The zero-order valence-electron chi connectivity index (χ0n) is 14.3. The molecule has 0 spiro atoms. The van der Waals surface area contributed by atoms with Gasteiger partial charge in [0.2, 0.25) is 10.0 Å². The first-order chi connectivity index (χ1) is 11.9. The Labute approximate surface area is 171 Å². The van der Waals surface area contributed by atoms with Gasteiger partial charge in [-0.15, -0.1) is 24.0 Å². The van der Waals surface area contributed by atoms with Crippen molar-refractivity contribution in [3.63, 3.8) is 0 Å². The van der Waals surface area contributed by atoms with Crippen LogP contribution in [0.3, 0.4) is 0 Å². The number of aryl methyl sites for hydroxylation is 2. The van der Waals surface area contributed by atoms with Crippen molar-refractivity contribution in [2.24, 2.45) is 15.9 Å². The quantitative estimate of drug-likeness (QED) is 0.343. The number of anilines is 1. The van der Waals surface area contributed by atoms with Crippen LogP contribution in [0, 0.1) is 0 Å². The molecule has 140 valence electrons. The number of hydrogen-bond acceptors (Lipinski definition) is 3. The second-order valence-electron chi connectivity index (χ2n) is 6.17. The van der Waals surface area contributed by atoms with Crippen LogP contribution in [0.1, 0.15) is 23.1 Å². The Morgan fingerprint density at radius 2 is 1.77 bits per heavy atom. The highest BCUT2D eigenvalue weighted by atomic mass is 127. The number of fused-ring (bicyclic) bond motifs is 1. The third-order valence-corrected chi connectivity index (χ3v) is 5.23. The normalized spacial score (nSPS) is 13.8. The highest BCUT2D eigenvalue weighted by Crippen LogP contribution is 2.24. The summed E-state index contributed by atoms with van der Waals surface area (Å²) in [6, 6.07) is 12.8. The van der Waals surface area contributed by atoms with E-state index in [4.69, 9.17) is 10.9 Å². The van der Waals surface area contributed by atoms with Gasteiger partial charge in [0.25, 0.3) is 0 Å². The molecule has 0 aromatic heterocycles. The number of benzene rings is 2. The summed E-state index contributed by atoms with van der Waals surface area (Å²) in [5, 5.41) is 8.20. The van der Waals surface area contributed by atoms with E-state index in [2.05, 4.69) is 22.4 Å². The lowest BCUT2D eigenvalue weighted by molar-refractivity contribution is 0.598. The summed E-state index contributed by atoms with van der Waals surface area (Å²) in [5.74, 6) is 0.374. The Bertz CT molecular complexity index is 896. The van der Waals surface area contributed by atoms with E-state index >= 15 is 0 Å². The molecular weight excluding hydrogens is 463 g/mol. The topological polar surface area (TPSA) is 111 Å². The van der Waals surface area contributed by atoms with E-state index in [0.29, 0.717) is 18.9 Å². The van der Waals surface area contributed by atoms with Gasteiger partial charge in [0, 0.05) is 12.2 Å². The Hall–Kier alpha value is -1.65. The highest BCUT2D eigenvalue weighted by molar-refractivity contribution is 14.0. The number of rotatable bonds is 5. The molecule has 8 heteroatoms. The van der Waals surface area contributed by atoms with E-state index < -0.39 is 10.0 Å². The average molecular weight is 486 g/mol. The summed E-state index contributed by atoms with van der Waals surface area (Å²) < 4.78 is 22.4. The van der Waals surface area contributed by atoms with Crippen LogP contribution in [0.2, 0.25) is 0 Å². The van der Waals surface area contributed by atoms with Gasteiger partial charge in [0.15, 0.2) is 5.96 Å². The van der Waals surface area contributed by atoms with Crippen molar-refractivity contribution < 1.29 is 8.42 Å². The standard InChI is InChI=1S/C18H22N4O2S.HI/c19-18(22-16-7-6-14-2-1-3-15(14)12-16)21-11-10-13-4-8-17(9-5-13)25(20,23)24;/h4-9,12H,1-3,10-11H2,(H3,19,21,22)(H2,20,23,24);1H. The molecule has 26 heavy (non-hydrogen) atoms. The molecule has 0 unspecified atom stereocenters. The van der Waals surface area contributed by atoms with Crippen LogP contribution in [0.5, 0.6) is 0 Å². The van der Waals surface area contributed by atoms with E-state index in [-0.39, 0.29) is 28.9 Å². The van der Waals surface area contributed by atoms with Crippen LogP contribution in [-0.2, 0) is 29.3 Å². The summed E-state index contributed by atoms with van der Waals surface area (Å²) in [6.45, 7) is 0.512. The first-order valence-electron chi connectivity index (χ1n) is 8.22. The number of hydrogen-bond donors (Lipinski definition) is 3. The van der Waals surface area contributed by atoms with E-state index in [1.165, 1.54) is 29.7 Å². The van der Waals surface area contributed by atoms with Gasteiger partial charge in [-0.2, -0.15) is 0 Å². The Morgan fingerprint density at radius 1 is 1.08 bits per heavy atom. The molecule has 1 aliphatic rings. The molecule has 0 bridgehead atoms. The predicted molar refractivity (Wildman–Crippen MR) is 116 cm³/mol. The van der Waals surface area contributed by atoms with E-state index in [9.17, 15) is 8.42 Å². The maximum absolute atomic E-state index is 11.2. The molecule has 1 aliphatic carbocycles. The third kappa shape index (κ3) is 5.42. The fourth-order valence-corrected chi connectivity index (χ4v) is 3.50. The first kappa shape index (κ1) is 20.7. The van der Waals surface area contributed by atoms with Crippen LogP contribution in [0.25, 0.3) is 0 Å². The van der Waals surface area contributed by atoms with Crippen LogP contribution in [0.15, 0.2) is 52.4 Å². The molecule has 0 fully saturated rings. The highest BCUT2D eigenvalue weighted by Gasteiger charge is 2.11. The Kier molecular flexibility index (Phi) is 7.01.